The van der Waals surface area contributed by atoms with Crippen molar-refractivity contribution in [2.45, 2.75) is 46.1 Å². The van der Waals surface area contributed by atoms with Gasteiger partial charge in [-0.3, -0.25) is 0 Å². The molecular weight excluding hydrogens is 268 g/mol. The molecule has 0 saturated carbocycles. The number of anilines is 1. The molecule has 1 heterocycles. The minimum absolute atomic E-state index is 0.849. The van der Waals surface area contributed by atoms with Gasteiger partial charge >= 0.3 is 0 Å². The van der Waals surface area contributed by atoms with Gasteiger partial charge in [0, 0.05) is 19.6 Å². The predicted molar refractivity (Wildman–Crippen MR) is 88.7 cm³/mol. The number of benzene rings is 1. The van der Waals surface area contributed by atoms with Crippen LogP contribution >= 0.6 is 11.6 Å². The summed E-state index contributed by atoms with van der Waals surface area (Å²) in [6, 6.07) is 6.52. The molecule has 0 amide bonds. The van der Waals surface area contributed by atoms with Gasteiger partial charge in [0.2, 0.25) is 0 Å². The number of nitrogens with one attached hydrogen (secondary N) is 1. The molecule has 1 aliphatic rings. The van der Waals surface area contributed by atoms with E-state index in [9.17, 15) is 0 Å². The van der Waals surface area contributed by atoms with E-state index in [4.69, 9.17) is 11.6 Å². The Morgan fingerprint density at radius 3 is 2.85 bits per heavy atom. The molecule has 3 heteroatoms. The lowest BCUT2D eigenvalue weighted by Gasteiger charge is -2.20. The van der Waals surface area contributed by atoms with Crippen molar-refractivity contribution in [1.82, 2.24) is 5.32 Å². The third-order valence-corrected chi connectivity index (χ3v) is 4.39. The number of rotatable bonds is 7. The van der Waals surface area contributed by atoms with E-state index in [1.807, 2.05) is 0 Å². The molecule has 1 aromatic carbocycles. The highest BCUT2D eigenvalue weighted by molar-refractivity contribution is 6.33. The van der Waals surface area contributed by atoms with Crippen molar-refractivity contribution in [3.05, 3.63) is 28.8 Å². The second kappa shape index (κ2) is 7.90. The molecular formula is C17H27ClN2. The van der Waals surface area contributed by atoms with Crippen LogP contribution in [-0.2, 0) is 6.54 Å². The summed E-state index contributed by atoms with van der Waals surface area (Å²) in [4.78, 5) is 2.45. The van der Waals surface area contributed by atoms with E-state index >= 15 is 0 Å². The summed E-state index contributed by atoms with van der Waals surface area (Å²) in [6.07, 6.45) is 5.10. The van der Waals surface area contributed by atoms with Crippen LogP contribution in [0.2, 0.25) is 5.02 Å². The maximum atomic E-state index is 6.48. The summed E-state index contributed by atoms with van der Waals surface area (Å²) in [5.41, 5.74) is 2.49. The summed E-state index contributed by atoms with van der Waals surface area (Å²) >= 11 is 6.48. The molecule has 20 heavy (non-hydrogen) atoms. The van der Waals surface area contributed by atoms with Gasteiger partial charge in [0.15, 0.2) is 0 Å². The summed E-state index contributed by atoms with van der Waals surface area (Å²) < 4.78 is 0. The fraction of sp³-hybridized carbons (Fsp3) is 0.647. The molecule has 1 aliphatic heterocycles. The first kappa shape index (κ1) is 15.7. The highest BCUT2D eigenvalue weighted by Gasteiger charge is 2.23. The fourth-order valence-electron chi connectivity index (χ4n) is 3.02. The van der Waals surface area contributed by atoms with Crippen LogP contribution in [0.5, 0.6) is 0 Å². The van der Waals surface area contributed by atoms with Crippen molar-refractivity contribution in [3.8, 4) is 0 Å². The van der Waals surface area contributed by atoms with Crippen molar-refractivity contribution in [2.75, 3.05) is 24.5 Å². The van der Waals surface area contributed by atoms with Crippen molar-refractivity contribution in [2.24, 2.45) is 5.92 Å². The van der Waals surface area contributed by atoms with Gasteiger partial charge in [-0.15, -0.1) is 0 Å². The van der Waals surface area contributed by atoms with E-state index in [-0.39, 0.29) is 0 Å². The molecule has 1 atom stereocenters. The van der Waals surface area contributed by atoms with E-state index in [0.717, 1.165) is 30.6 Å². The molecule has 0 aromatic heterocycles. The first-order valence-corrected chi connectivity index (χ1v) is 8.36. The summed E-state index contributed by atoms with van der Waals surface area (Å²) in [5.74, 6) is 0.849. The van der Waals surface area contributed by atoms with Gasteiger partial charge in [-0.2, -0.15) is 0 Å². The Bertz CT molecular complexity index is 419. The van der Waals surface area contributed by atoms with Gasteiger partial charge in [-0.05, 0) is 49.4 Å². The molecule has 0 radical (unpaired) electrons. The van der Waals surface area contributed by atoms with E-state index < -0.39 is 0 Å². The number of halogens is 1. The van der Waals surface area contributed by atoms with Gasteiger partial charge in [-0.25, -0.2) is 0 Å². The quantitative estimate of drug-likeness (QED) is 0.747. The van der Waals surface area contributed by atoms with Crippen molar-refractivity contribution in [1.29, 1.82) is 0 Å². The van der Waals surface area contributed by atoms with Crippen LogP contribution in [0, 0.1) is 5.92 Å². The lowest BCUT2D eigenvalue weighted by atomic mass is 10.0. The van der Waals surface area contributed by atoms with Gasteiger partial charge in [0.25, 0.3) is 0 Å². The fourth-order valence-corrected chi connectivity index (χ4v) is 3.34. The minimum Gasteiger partial charge on any atom is -0.370 e. The highest BCUT2D eigenvalue weighted by Crippen LogP contribution is 2.32. The Balaban J connectivity index is 1.96. The lowest BCUT2D eigenvalue weighted by Crippen LogP contribution is -2.20. The smallest absolute Gasteiger partial charge is 0.0642 e. The third kappa shape index (κ3) is 4.13. The zero-order chi connectivity index (χ0) is 14.4. The molecule has 0 bridgehead atoms. The SMILES string of the molecule is CCCNCc1ccc(N2CCC(CCC)C2)c(Cl)c1. The van der Waals surface area contributed by atoms with E-state index in [2.05, 4.69) is 42.3 Å². The van der Waals surface area contributed by atoms with Crippen LogP contribution in [0.25, 0.3) is 0 Å². The Morgan fingerprint density at radius 1 is 1.30 bits per heavy atom. The molecule has 0 spiro atoms. The van der Waals surface area contributed by atoms with Crippen LogP contribution in [0.1, 0.15) is 45.1 Å². The lowest BCUT2D eigenvalue weighted by molar-refractivity contribution is 0.530. The number of nitrogens with zero attached hydrogens (tertiary/aromatic N) is 1. The molecule has 2 nitrogen and oxygen atoms in total. The molecule has 1 fully saturated rings. The van der Waals surface area contributed by atoms with Gasteiger partial charge in [-0.1, -0.05) is 37.9 Å². The summed E-state index contributed by atoms with van der Waals surface area (Å²) in [5, 5.41) is 4.32. The van der Waals surface area contributed by atoms with Crippen molar-refractivity contribution < 1.29 is 0 Å². The maximum Gasteiger partial charge on any atom is 0.0642 e. The molecule has 1 aromatic rings. The molecule has 112 valence electrons. The largest absolute Gasteiger partial charge is 0.370 e. The Labute approximate surface area is 128 Å². The Hall–Kier alpha value is -0.730. The van der Waals surface area contributed by atoms with E-state index in [1.54, 1.807) is 0 Å². The standard InChI is InChI=1S/C17H27ClN2/c1-3-5-14-8-10-20(13-14)17-7-6-15(11-16(17)18)12-19-9-4-2/h6-7,11,14,19H,3-5,8-10,12-13H2,1-2H3. The minimum atomic E-state index is 0.849. The average Bonchev–Trinajstić information content (AvgIpc) is 2.88. The normalized spacial score (nSPS) is 18.8. The molecule has 0 aliphatic carbocycles. The maximum absolute atomic E-state index is 6.48. The topological polar surface area (TPSA) is 15.3 Å². The van der Waals surface area contributed by atoms with Gasteiger partial charge in [0.1, 0.15) is 0 Å². The molecule has 1 unspecified atom stereocenters. The molecule has 1 N–H and O–H groups in total. The Kier molecular flexibility index (Phi) is 6.18. The van der Waals surface area contributed by atoms with Crippen LogP contribution in [0.3, 0.4) is 0 Å². The van der Waals surface area contributed by atoms with Crippen LogP contribution < -0.4 is 10.2 Å². The summed E-state index contributed by atoms with van der Waals surface area (Å²) in [6.45, 7) is 8.74. The average molecular weight is 295 g/mol. The first-order chi connectivity index (χ1) is 9.74. The van der Waals surface area contributed by atoms with Crippen LogP contribution in [-0.4, -0.2) is 19.6 Å². The number of hydrogen-bond donors (Lipinski definition) is 1. The first-order valence-electron chi connectivity index (χ1n) is 7.98. The second-order valence-corrected chi connectivity index (χ2v) is 6.26. The second-order valence-electron chi connectivity index (χ2n) is 5.85. The highest BCUT2D eigenvalue weighted by atomic mass is 35.5. The van der Waals surface area contributed by atoms with Gasteiger partial charge in [0.05, 0.1) is 10.7 Å². The van der Waals surface area contributed by atoms with Crippen molar-refractivity contribution in [3.63, 3.8) is 0 Å². The predicted octanol–water partition coefficient (Wildman–Crippen LogP) is 4.47. The van der Waals surface area contributed by atoms with Gasteiger partial charge < -0.3 is 10.2 Å². The molecule has 2 rings (SSSR count). The van der Waals surface area contributed by atoms with E-state index in [1.165, 1.54) is 43.5 Å². The zero-order valence-electron chi connectivity index (χ0n) is 12.8. The molecule has 1 saturated heterocycles. The zero-order valence-corrected chi connectivity index (χ0v) is 13.5. The monoisotopic (exact) mass is 294 g/mol. The third-order valence-electron chi connectivity index (χ3n) is 4.09. The van der Waals surface area contributed by atoms with Crippen LogP contribution in [0.15, 0.2) is 18.2 Å². The van der Waals surface area contributed by atoms with E-state index in [0.29, 0.717) is 0 Å². The Morgan fingerprint density at radius 2 is 2.15 bits per heavy atom. The van der Waals surface area contributed by atoms with Crippen molar-refractivity contribution >= 4 is 17.3 Å². The number of hydrogen-bond acceptors (Lipinski definition) is 2. The summed E-state index contributed by atoms with van der Waals surface area (Å²) in [7, 11) is 0. The van der Waals surface area contributed by atoms with Crippen LogP contribution in [0.4, 0.5) is 5.69 Å².